The second-order valence-electron chi connectivity index (χ2n) is 6.86. The minimum atomic E-state index is 0.0374. The van der Waals surface area contributed by atoms with Crippen LogP contribution >= 0.6 is 11.3 Å². The molecule has 3 aliphatic rings. The predicted octanol–water partition coefficient (Wildman–Crippen LogP) is 3.03. The highest BCUT2D eigenvalue weighted by atomic mass is 32.1. The molecular formula is C19H23N3O2S. The molecule has 2 aromatic rings. The maximum Gasteiger partial charge on any atom is 0.261 e. The minimum Gasteiger partial charge on any atom is -0.495 e. The molecule has 0 unspecified atom stereocenters. The van der Waals surface area contributed by atoms with Crippen molar-refractivity contribution in [3.05, 3.63) is 35.3 Å². The summed E-state index contributed by atoms with van der Waals surface area (Å²) in [6.45, 7) is 4.58. The van der Waals surface area contributed by atoms with Crippen LogP contribution in [0.15, 0.2) is 30.5 Å². The SMILES string of the molecule is COc1ccc(-c2ccc(C(=O)N[C@@H]3C4CCN(CC4)[C@H]3C)s2)nc1. The standard InChI is InChI=1S/C19H23N3O2S/c1-12-18(13-7-9-22(12)10-8-13)21-19(23)17-6-5-16(25-17)15-4-3-14(24-2)11-20-15/h3-6,11-13,18H,7-10H2,1-2H3,(H,21,23)/t12-,18-/m0/s1. The zero-order valence-electron chi connectivity index (χ0n) is 14.6. The van der Waals surface area contributed by atoms with Crippen LogP contribution in [0.1, 0.15) is 29.4 Å². The quantitative estimate of drug-likeness (QED) is 0.914. The van der Waals surface area contributed by atoms with Gasteiger partial charge in [-0.1, -0.05) is 0 Å². The molecule has 5 rings (SSSR count). The van der Waals surface area contributed by atoms with Crippen molar-refractivity contribution in [1.82, 2.24) is 15.2 Å². The zero-order valence-corrected chi connectivity index (χ0v) is 15.4. The van der Waals surface area contributed by atoms with E-state index in [0.717, 1.165) is 21.2 Å². The number of hydrogen-bond donors (Lipinski definition) is 1. The highest BCUT2D eigenvalue weighted by molar-refractivity contribution is 7.17. The van der Waals surface area contributed by atoms with Crippen LogP contribution in [0, 0.1) is 5.92 Å². The van der Waals surface area contributed by atoms with E-state index in [9.17, 15) is 4.79 Å². The van der Waals surface area contributed by atoms with Crippen LogP contribution in [0.3, 0.4) is 0 Å². The third-order valence-corrected chi connectivity index (χ3v) is 6.64. The second kappa shape index (κ2) is 6.77. The molecule has 5 heterocycles. The Morgan fingerprint density at radius 1 is 1.28 bits per heavy atom. The Hall–Kier alpha value is -1.92. The normalized spacial score (nSPS) is 27.9. The summed E-state index contributed by atoms with van der Waals surface area (Å²) in [5.41, 5.74) is 0.862. The van der Waals surface area contributed by atoms with Crippen molar-refractivity contribution in [2.75, 3.05) is 20.2 Å². The third kappa shape index (κ3) is 3.16. The number of nitrogens with zero attached hydrogens (tertiary/aromatic N) is 2. The van der Waals surface area contributed by atoms with Gasteiger partial charge in [-0.3, -0.25) is 14.7 Å². The number of rotatable bonds is 4. The lowest BCUT2D eigenvalue weighted by molar-refractivity contribution is 0.0218. The molecule has 25 heavy (non-hydrogen) atoms. The second-order valence-corrected chi connectivity index (χ2v) is 7.94. The van der Waals surface area contributed by atoms with Crippen LogP contribution in [0.4, 0.5) is 0 Å². The van der Waals surface area contributed by atoms with Gasteiger partial charge in [0.1, 0.15) is 5.75 Å². The van der Waals surface area contributed by atoms with Gasteiger partial charge >= 0.3 is 0 Å². The van der Waals surface area contributed by atoms with E-state index in [1.54, 1.807) is 13.3 Å². The lowest BCUT2D eigenvalue weighted by atomic mass is 9.79. The molecule has 2 atom stereocenters. The maximum atomic E-state index is 12.7. The molecule has 3 aliphatic heterocycles. The number of ether oxygens (including phenoxy) is 1. The van der Waals surface area contributed by atoms with Gasteiger partial charge < -0.3 is 10.1 Å². The molecule has 2 aromatic heterocycles. The summed E-state index contributed by atoms with van der Waals surface area (Å²) in [6.07, 6.45) is 4.09. The monoisotopic (exact) mass is 357 g/mol. The van der Waals surface area contributed by atoms with Gasteiger partial charge in [0.25, 0.3) is 5.91 Å². The van der Waals surface area contributed by atoms with Crippen LogP contribution in [0.25, 0.3) is 10.6 Å². The number of carbonyl (C=O) groups excluding carboxylic acids is 1. The molecule has 0 aromatic carbocycles. The fourth-order valence-electron chi connectivity index (χ4n) is 4.01. The fraction of sp³-hybridized carbons (Fsp3) is 0.474. The number of piperidine rings is 3. The molecule has 0 saturated carbocycles. The first-order chi connectivity index (χ1) is 12.2. The molecule has 2 bridgehead atoms. The summed E-state index contributed by atoms with van der Waals surface area (Å²) >= 11 is 1.49. The van der Waals surface area contributed by atoms with E-state index in [1.807, 2.05) is 24.3 Å². The van der Waals surface area contributed by atoms with Crippen molar-refractivity contribution < 1.29 is 9.53 Å². The molecule has 6 heteroatoms. The highest BCUT2D eigenvalue weighted by Crippen LogP contribution is 2.33. The summed E-state index contributed by atoms with van der Waals surface area (Å²) in [6, 6.07) is 8.36. The van der Waals surface area contributed by atoms with E-state index >= 15 is 0 Å². The Labute approximate surface area is 152 Å². The van der Waals surface area contributed by atoms with Gasteiger partial charge in [0, 0.05) is 12.1 Å². The summed E-state index contributed by atoms with van der Waals surface area (Å²) in [4.78, 5) is 21.4. The maximum absolute atomic E-state index is 12.7. The minimum absolute atomic E-state index is 0.0374. The summed E-state index contributed by atoms with van der Waals surface area (Å²) in [5.74, 6) is 1.39. The van der Waals surface area contributed by atoms with Crippen molar-refractivity contribution in [1.29, 1.82) is 0 Å². The van der Waals surface area contributed by atoms with Crippen molar-refractivity contribution in [2.24, 2.45) is 5.92 Å². The lowest BCUT2D eigenvalue weighted by Crippen LogP contribution is -2.62. The van der Waals surface area contributed by atoms with Gasteiger partial charge in [0.2, 0.25) is 0 Å². The number of aromatic nitrogens is 1. The molecule has 0 radical (unpaired) electrons. The van der Waals surface area contributed by atoms with Crippen LogP contribution in [-0.4, -0.2) is 48.1 Å². The molecule has 3 fully saturated rings. The van der Waals surface area contributed by atoms with E-state index in [4.69, 9.17) is 4.74 Å². The van der Waals surface area contributed by atoms with Gasteiger partial charge in [0.05, 0.1) is 28.8 Å². The number of pyridine rings is 1. The fourth-order valence-corrected chi connectivity index (χ4v) is 4.90. The number of fused-ring (bicyclic) bond motifs is 3. The van der Waals surface area contributed by atoms with Gasteiger partial charge in [-0.15, -0.1) is 11.3 Å². The number of thiophene rings is 1. The molecule has 0 aliphatic carbocycles. The molecule has 3 saturated heterocycles. The topological polar surface area (TPSA) is 54.5 Å². The van der Waals surface area contributed by atoms with E-state index in [2.05, 4.69) is 22.1 Å². The number of amides is 1. The van der Waals surface area contributed by atoms with Crippen LogP contribution < -0.4 is 10.1 Å². The summed E-state index contributed by atoms with van der Waals surface area (Å²) in [7, 11) is 1.62. The number of hydrogen-bond acceptors (Lipinski definition) is 5. The number of methoxy groups -OCH3 is 1. The summed E-state index contributed by atoms with van der Waals surface area (Å²) in [5, 5.41) is 3.29. The van der Waals surface area contributed by atoms with Gasteiger partial charge in [-0.2, -0.15) is 0 Å². The van der Waals surface area contributed by atoms with E-state index in [0.29, 0.717) is 12.0 Å². The predicted molar refractivity (Wildman–Crippen MR) is 99.1 cm³/mol. The van der Waals surface area contributed by atoms with Crippen LogP contribution in [0.5, 0.6) is 5.75 Å². The number of carbonyl (C=O) groups is 1. The van der Waals surface area contributed by atoms with Crippen LogP contribution in [0.2, 0.25) is 0 Å². The Balaban J connectivity index is 1.47. The molecule has 132 valence electrons. The van der Waals surface area contributed by atoms with Gasteiger partial charge in [-0.05, 0) is 63.0 Å². The Kier molecular flexibility index (Phi) is 4.48. The Bertz CT molecular complexity index is 748. The highest BCUT2D eigenvalue weighted by Gasteiger charge is 2.40. The first-order valence-electron chi connectivity index (χ1n) is 8.81. The van der Waals surface area contributed by atoms with Crippen molar-refractivity contribution >= 4 is 17.2 Å². The average molecular weight is 357 g/mol. The Morgan fingerprint density at radius 3 is 2.72 bits per heavy atom. The van der Waals surface area contributed by atoms with E-state index in [1.165, 1.54) is 37.3 Å². The van der Waals surface area contributed by atoms with Gasteiger partial charge in [-0.25, -0.2) is 0 Å². The Morgan fingerprint density at radius 2 is 2.08 bits per heavy atom. The number of nitrogens with one attached hydrogen (secondary N) is 1. The summed E-state index contributed by atoms with van der Waals surface area (Å²) < 4.78 is 5.14. The smallest absolute Gasteiger partial charge is 0.261 e. The lowest BCUT2D eigenvalue weighted by Gasteiger charge is -2.49. The first-order valence-corrected chi connectivity index (χ1v) is 9.62. The van der Waals surface area contributed by atoms with Crippen molar-refractivity contribution in [2.45, 2.75) is 31.8 Å². The molecular weight excluding hydrogens is 334 g/mol. The van der Waals surface area contributed by atoms with E-state index in [-0.39, 0.29) is 11.9 Å². The van der Waals surface area contributed by atoms with Crippen LogP contribution in [-0.2, 0) is 0 Å². The molecule has 1 N–H and O–H groups in total. The van der Waals surface area contributed by atoms with Gasteiger partial charge in [0.15, 0.2) is 0 Å². The first kappa shape index (κ1) is 16.5. The zero-order chi connectivity index (χ0) is 17.4. The van der Waals surface area contributed by atoms with E-state index < -0.39 is 0 Å². The third-order valence-electron chi connectivity index (χ3n) is 5.53. The molecule has 0 spiro atoms. The van der Waals surface area contributed by atoms with Crippen molar-refractivity contribution in [3.63, 3.8) is 0 Å². The largest absolute Gasteiger partial charge is 0.495 e. The van der Waals surface area contributed by atoms with Crippen molar-refractivity contribution in [3.8, 4) is 16.3 Å². The molecule has 5 nitrogen and oxygen atoms in total. The molecule has 1 amide bonds. The average Bonchev–Trinajstić information content (AvgIpc) is 3.15.